The lowest BCUT2D eigenvalue weighted by atomic mass is 9.67. The van der Waals surface area contributed by atoms with Crippen molar-refractivity contribution in [2.45, 2.75) is 81.5 Å². The lowest BCUT2D eigenvalue weighted by Crippen LogP contribution is -2.58. The molecule has 16 nitrogen and oxygen atoms in total. The minimum atomic E-state index is -4.03. The number of carbonyl (C=O) groups excluding carboxylic acids is 2. The Morgan fingerprint density at radius 3 is 2.50 bits per heavy atom. The molecule has 19 heteroatoms. The molecule has 1 spiro atoms. The number of benzene rings is 3. The summed E-state index contributed by atoms with van der Waals surface area (Å²) in [6.45, 7) is 4.98. The van der Waals surface area contributed by atoms with Crippen LogP contribution in [0.25, 0.3) is 10.9 Å². The monoisotopic (exact) mass is 900 g/mol. The van der Waals surface area contributed by atoms with E-state index in [0.717, 1.165) is 55.2 Å². The highest BCUT2D eigenvalue weighted by Crippen LogP contribution is 2.48. The van der Waals surface area contributed by atoms with Crippen LogP contribution in [0.1, 0.15) is 75.0 Å². The van der Waals surface area contributed by atoms with E-state index in [1.807, 2.05) is 18.2 Å². The average Bonchev–Trinajstić information content (AvgIpc) is 3.68. The van der Waals surface area contributed by atoms with E-state index in [2.05, 4.69) is 25.2 Å². The summed E-state index contributed by atoms with van der Waals surface area (Å²) in [6, 6.07) is 13.0. The van der Waals surface area contributed by atoms with Crippen LogP contribution >= 0.6 is 0 Å². The zero-order valence-corrected chi connectivity index (χ0v) is 36.3. The highest BCUT2D eigenvalue weighted by atomic mass is 32.2. The number of likely N-dealkylation sites (tertiary alicyclic amines) is 1. The molecule has 1 aromatic heterocycles. The third-order valence-electron chi connectivity index (χ3n) is 13.8. The number of hydrogen-bond acceptors (Lipinski definition) is 12. The number of anilines is 2. The Bertz CT molecular complexity index is 2690. The van der Waals surface area contributed by atoms with Crippen molar-refractivity contribution in [3.05, 3.63) is 88.0 Å². The number of halogens is 2. The van der Waals surface area contributed by atoms with E-state index in [9.17, 15) is 28.1 Å². The third-order valence-corrected chi connectivity index (χ3v) is 15.4. The van der Waals surface area contributed by atoms with Crippen LogP contribution in [0, 0.1) is 34.8 Å². The van der Waals surface area contributed by atoms with Crippen LogP contribution in [0.2, 0.25) is 0 Å². The Kier molecular flexibility index (Phi) is 11.9. The highest BCUT2D eigenvalue weighted by molar-refractivity contribution is 7.90. The van der Waals surface area contributed by atoms with E-state index in [4.69, 9.17) is 14.2 Å². The zero-order chi connectivity index (χ0) is 44.9. The molecule has 9 rings (SSSR count). The van der Waals surface area contributed by atoms with Gasteiger partial charge >= 0.3 is 10.2 Å². The van der Waals surface area contributed by atoms with Gasteiger partial charge in [-0.25, -0.2) is 13.8 Å². The van der Waals surface area contributed by atoms with Crippen molar-refractivity contribution in [3.8, 4) is 17.6 Å². The lowest BCUT2D eigenvalue weighted by Gasteiger charge is -2.52. The Morgan fingerprint density at radius 2 is 1.80 bits per heavy atom. The molecule has 0 radical (unpaired) electrons. The molecule has 3 N–H and O–H groups in total. The molecule has 4 aromatic rings. The number of nitrogens with one attached hydrogen (secondary N) is 3. The zero-order valence-electron chi connectivity index (χ0n) is 35.5. The van der Waals surface area contributed by atoms with Crippen molar-refractivity contribution in [2.75, 3.05) is 56.5 Å². The van der Waals surface area contributed by atoms with Crippen LogP contribution in [0.3, 0.4) is 0 Å². The van der Waals surface area contributed by atoms with Gasteiger partial charge in [-0.3, -0.25) is 33.9 Å². The fraction of sp³-hybridized carbons (Fsp3) is 0.489. The van der Waals surface area contributed by atoms with E-state index in [1.165, 1.54) is 31.6 Å². The van der Waals surface area contributed by atoms with Gasteiger partial charge in [-0.15, -0.1) is 0 Å². The molecule has 2 amide bonds. The Morgan fingerprint density at radius 1 is 1.03 bits per heavy atom. The minimum absolute atomic E-state index is 0.0371. The van der Waals surface area contributed by atoms with Gasteiger partial charge in [0, 0.05) is 44.8 Å². The second-order valence-electron chi connectivity index (χ2n) is 17.7. The Balaban J connectivity index is 0.846. The molecule has 5 heterocycles. The second kappa shape index (κ2) is 17.5. The summed E-state index contributed by atoms with van der Waals surface area (Å²) in [5.41, 5.74) is 0.307. The van der Waals surface area contributed by atoms with E-state index in [1.54, 1.807) is 17.6 Å². The maximum atomic E-state index is 15.7. The summed E-state index contributed by atoms with van der Waals surface area (Å²) >= 11 is 0. The number of carbonyl (C=O) groups is 2. The SMILES string of the molecule is CCN(C)S(=O)(=O)Nc1ccc(F)c(Oc2ccc3ncn([C@H]4COC5(CCN(C6C7COCC6CC(c6ccc(NC8CCC(=O)NC8=O)cc6F)C7)CC5)C4)c(=O)c3c2)c1C#N. The van der Waals surface area contributed by atoms with Gasteiger partial charge in [0.05, 0.1) is 54.4 Å². The molecule has 5 aliphatic rings. The number of nitrogens with zero attached hydrogens (tertiary/aromatic N) is 5. The summed E-state index contributed by atoms with van der Waals surface area (Å²) in [6.07, 6.45) is 5.89. The number of nitriles is 1. The second-order valence-corrected chi connectivity index (χ2v) is 19.4. The largest absolute Gasteiger partial charge is 0.453 e. The van der Waals surface area contributed by atoms with E-state index >= 15 is 8.78 Å². The van der Waals surface area contributed by atoms with Gasteiger partial charge in [0.15, 0.2) is 11.6 Å². The normalized spacial score (nSPS) is 25.9. The number of piperidine rings is 2. The fourth-order valence-corrected chi connectivity index (χ4v) is 11.3. The van der Waals surface area contributed by atoms with Crippen LogP contribution in [-0.2, 0) is 29.3 Å². The van der Waals surface area contributed by atoms with Crippen LogP contribution in [0.15, 0.2) is 59.7 Å². The molecule has 2 bridgehead atoms. The topological polar surface area (TPSA) is 197 Å². The predicted molar refractivity (Wildman–Crippen MR) is 231 cm³/mol. The summed E-state index contributed by atoms with van der Waals surface area (Å²) in [5, 5.41) is 15.6. The maximum Gasteiger partial charge on any atom is 0.301 e. The van der Waals surface area contributed by atoms with Gasteiger partial charge < -0.3 is 19.5 Å². The van der Waals surface area contributed by atoms with Gasteiger partial charge in [-0.05, 0) is 104 Å². The minimum Gasteiger partial charge on any atom is -0.453 e. The molecule has 5 fully saturated rings. The van der Waals surface area contributed by atoms with Crippen LogP contribution in [-0.4, -0.2) is 103 Å². The number of fused-ring (bicyclic) bond motifs is 3. The highest BCUT2D eigenvalue weighted by Gasteiger charge is 2.49. The van der Waals surface area contributed by atoms with E-state index in [-0.39, 0.29) is 76.4 Å². The molecule has 4 atom stereocenters. The molecule has 64 heavy (non-hydrogen) atoms. The van der Waals surface area contributed by atoms with Crippen LogP contribution < -0.4 is 25.7 Å². The molecule has 1 aliphatic carbocycles. The van der Waals surface area contributed by atoms with Gasteiger partial charge in [-0.2, -0.15) is 18.0 Å². The summed E-state index contributed by atoms with van der Waals surface area (Å²) < 4.78 is 79.6. The first kappa shape index (κ1) is 43.7. The Labute approximate surface area is 369 Å². The van der Waals surface area contributed by atoms with Crippen molar-refractivity contribution >= 4 is 44.3 Å². The van der Waals surface area contributed by atoms with Crippen LogP contribution in [0.5, 0.6) is 11.5 Å². The quantitative estimate of drug-likeness (QED) is 0.167. The summed E-state index contributed by atoms with van der Waals surface area (Å²) in [7, 11) is -2.66. The lowest BCUT2D eigenvalue weighted by molar-refractivity contribution is -0.133. The molecule has 4 aliphatic heterocycles. The third kappa shape index (κ3) is 8.44. The van der Waals surface area contributed by atoms with Gasteiger partial charge in [0.2, 0.25) is 11.8 Å². The van der Waals surface area contributed by atoms with Crippen molar-refractivity contribution in [2.24, 2.45) is 11.8 Å². The summed E-state index contributed by atoms with van der Waals surface area (Å²) in [4.78, 5) is 44.9. The number of aromatic nitrogens is 2. The number of rotatable bonds is 11. The molecular formula is C45H50F2N8O8S. The van der Waals surface area contributed by atoms with Gasteiger partial charge in [0.25, 0.3) is 5.56 Å². The van der Waals surface area contributed by atoms with Gasteiger partial charge in [0.1, 0.15) is 29.2 Å². The molecular weight excluding hydrogens is 851 g/mol. The standard InChI is InChI=1S/C45H50F2N8O8S/c1-3-53(2)64(59,60)52-38-9-7-35(46)42(34(38)21-48)63-31-5-8-37-33(19-31)44(58)55(25-49-37)30-20-45(62-24-30)12-14-54(15-13-45)41-27-16-26(17-28(41)23-61-22-27)32-6-4-29(18-36(32)47)50-39-10-11-40(56)51-43(39)57/h4-9,18-19,25-28,30,39,41,50,52H,3,10-17,20,22-24H2,1-2H3,(H,51,56,57)/t26?,27?,28?,30-,39?,41?/m1/s1. The number of hydrogen-bond donors (Lipinski definition) is 3. The number of ether oxygens (including phenoxy) is 3. The predicted octanol–water partition coefficient (Wildman–Crippen LogP) is 5.17. The van der Waals surface area contributed by atoms with Crippen molar-refractivity contribution < 1.29 is 41.0 Å². The summed E-state index contributed by atoms with van der Waals surface area (Å²) in [5.74, 6) is -1.84. The van der Waals surface area contributed by atoms with Crippen molar-refractivity contribution in [3.63, 3.8) is 0 Å². The van der Waals surface area contributed by atoms with Crippen molar-refractivity contribution in [1.29, 1.82) is 5.26 Å². The average molecular weight is 901 g/mol. The van der Waals surface area contributed by atoms with E-state index in [0.29, 0.717) is 55.5 Å². The first-order valence-corrected chi connectivity index (χ1v) is 23.2. The number of imide groups is 1. The fourth-order valence-electron chi connectivity index (χ4n) is 10.4. The molecule has 3 aromatic carbocycles. The van der Waals surface area contributed by atoms with Gasteiger partial charge in [-0.1, -0.05) is 13.0 Å². The first-order chi connectivity index (χ1) is 30.7. The van der Waals surface area contributed by atoms with Crippen LogP contribution in [0.4, 0.5) is 20.2 Å². The molecule has 3 unspecified atom stereocenters. The molecule has 4 saturated heterocycles. The Hall–Kier alpha value is -5.52. The van der Waals surface area contributed by atoms with E-state index < -0.39 is 39.3 Å². The number of amides is 2. The first-order valence-electron chi connectivity index (χ1n) is 21.8. The molecule has 338 valence electrons. The van der Waals surface area contributed by atoms with Crippen molar-refractivity contribution in [1.82, 2.24) is 24.1 Å². The molecule has 1 saturated carbocycles. The maximum absolute atomic E-state index is 15.7. The smallest absolute Gasteiger partial charge is 0.301 e.